The van der Waals surface area contributed by atoms with Crippen molar-refractivity contribution in [3.8, 4) is 0 Å². The van der Waals surface area contributed by atoms with E-state index in [-0.39, 0.29) is 17.9 Å². The summed E-state index contributed by atoms with van der Waals surface area (Å²) in [7, 11) is 0. The first-order valence-corrected chi connectivity index (χ1v) is 6.31. The van der Waals surface area contributed by atoms with Crippen LogP contribution in [0.2, 0.25) is 0 Å². The Bertz CT molecular complexity index is 557. The molecule has 0 bridgehead atoms. The zero-order valence-corrected chi connectivity index (χ0v) is 10.5. The third kappa shape index (κ3) is 1.98. The van der Waals surface area contributed by atoms with E-state index in [1.807, 2.05) is 31.2 Å². The van der Waals surface area contributed by atoms with Crippen LogP contribution in [0.3, 0.4) is 0 Å². The molecule has 1 N–H and O–H groups in total. The number of oxazole rings is 1. The zero-order chi connectivity index (χ0) is 12.7. The highest BCUT2D eigenvalue weighted by atomic mass is 16.3. The van der Waals surface area contributed by atoms with E-state index in [0.717, 1.165) is 17.5 Å². The van der Waals surface area contributed by atoms with Crippen molar-refractivity contribution >= 4 is 17.0 Å². The lowest BCUT2D eigenvalue weighted by atomic mass is 10.2. The molecule has 0 radical (unpaired) electrons. The predicted molar refractivity (Wildman–Crippen MR) is 67.8 cm³/mol. The highest BCUT2D eigenvalue weighted by Crippen LogP contribution is 2.38. The second-order valence-electron chi connectivity index (χ2n) is 5.07. The molecule has 0 spiro atoms. The summed E-state index contributed by atoms with van der Waals surface area (Å²) in [4.78, 5) is 16.2. The van der Waals surface area contributed by atoms with Crippen molar-refractivity contribution in [1.29, 1.82) is 0 Å². The van der Waals surface area contributed by atoms with Gasteiger partial charge in [-0.15, -0.1) is 0 Å². The number of hydrogen-bond donors (Lipinski definition) is 1. The van der Waals surface area contributed by atoms with Crippen LogP contribution in [0.25, 0.3) is 11.1 Å². The molecular formula is C14H16N2O2. The molecule has 1 heterocycles. The molecule has 18 heavy (non-hydrogen) atoms. The highest BCUT2D eigenvalue weighted by molar-refractivity contribution is 5.81. The van der Waals surface area contributed by atoms with Gasteiger partial charge in [-0.2, -0.15) is 0 Å². The SMILES string of the molecule is CC(NC(=O)C1CC1C)c1nc2ccccc2o1. The smallest absolute Gasteiger partial charge is 0.224 e. The van der Waals surface area contributed by atoms with E-state index < -0.39 is 0 Å². The fourth-order valence-corrected chi connectivity index (χ4v) is 2.14. The Kier molecular flexibility index (Phi) is 2.58. The second-order valence-corrected chi connectivity index (χ2v) is 5.07. The molecule has 3 rings (SSSR count). The van der Waals surface area contributed by atoms with Crippen molar-refractivity contribution in [3.63, 3.8) is 0 Å². The van der Waals surface area contributed by atoms with E-state index in [0.29, 0.717) is 11.8 Å². The third-order valence-corrected chi connectivity index (χ3v) is 3.49. The van der Waals surface area contributed by atoms with Crippen molar-refractivity contribution < 1.29 is 9.21 Å². The lowest BCUT2D eigenvalue weighted by Crippen LogP contribution is -2.28. The molecule has 0 saturated heterocycles. The van der Waals surface area contributed by atoms with Crippen LogP contribution in [0.15, 0.2) is 28.7 Å². The van der Waals surface area contributed by atoms with Gasteiger partial charge < -0.3 is 9.73 Å². The Morgan fingerprint density at radius 2 is 2.22 bits per heavy atom. The van der Waals surface area contributed by atoms with Gasteiger partial charge in [0.05, 0.1) is 0 Å². The predicted octanol–water partition coefficient (Wildman–Crippen LogP) is 2.66. The van der Waals surface area contributed by atoms with E-state index in [1.165, 1.54) is 0 Å². The summed E-state index contributed by atoms with van der Waals surface area (Å²) in [5, 5.41) is 2.95. The van der Waals surface area contributed by atoms with Crippen LogP contribution in [-0.2, 0) is 4.79 Å². The molecule has 1 aliphatic carbocycles. The Morgan fingerprint density at radius 3 is 2.89 bits per heavy atom. The van der Waals surface area contributed by atoms with Crippen molar-refractivity contribution in [2.75, 3.05) is 0 Å². The van der Waals surface area contributed by atoms with Gasteiger partial charge in [0.2, 0.25) is 11.8 Å². The van der Waals surface area contributed by atoms with Gasteiger partial charge in [-0.3, -0.25) is 4.79 Å². The van der Waals surface area contributed by atoms with E-state index in [4.69, 9.17) is 4.42 Å². The molecule has 1 aliphatic rings. The molecule has 3 unspecified atom stereocenters. The number of hydrogen-bond acceptors (Lipinski definition) is 3. The van der Waals surface area contributed by atoms with Crippen molar-refractivity contribution in [3.05, 3.63) is 30.2 Å². The molecule has 1 fully saturated rings. The summed E-state index contributed by atoms with van der Waals surface area (Å²) in [5.74, 6) is 1.37. The minimum atomic E-state index is -0.183. The lowest BCUT2D eigenvalue weighted by molar-refractivity contribution is -0.123. The van der Waals surface area contributed by atoms with Gasteiger partial charge in [-0.1, -0.05) is 19.1 Å². The summed E-state index contributed by atoms with van der Waals surface area (Å²) in [6.07, 6.45) is 0.992. The molecule has 1 amide bonds. The number of nitrogens with one attached hydrogen (secondary N) is 1. The maximum Gasteiger partial charge on any atom is 0.224 e. The standard InChI is InChI=1S/C14H16N2O2/c1-8-7-10(8)13(17)15-9(2)14-16-11-5-3-4-6-12(11)18-14/h3-6,8-10H,7H2,1-2H3,(H,15,17). The van der Waals surface area contributed by atoms with Gasteiger partial charge in [0.15, 0.2) is 5.58 Å². The second kappa shape index (κ2) is 4.12. The number of rotatable bonds is 3. The van der Waals surface area contributed by atoms with E-state index in [2.05, 4.69) is 17.2 Å². The lowest BCUT2D eigenvalue weighted by Gasteiger charge is -2.09. The summed E-state index contributed by atoms with van der Waals surface area (Å²) in [5.41, 5.74) is 1.58. The van der Waals surface area contributed by atoms with Gasteiger partial charge >= 0.3 is 0 Å². The van der Waals surface area contributed by atoms with Crippen molar-refractivity contribution in [2.45, 2.75) is 26.3 Å². The molecule has 4 nitrogen and oxygen atoms in total. The number of benzene rings is 1. The zero-order valence-electron chi connectivity index (χ0n) is 10.5. The molecule has 1 saturated carbocycles. The summed E-state index contributed by atoms with van der Waals surface area (Å²) in [6.45, 7) is 3.99. The molecule has 1 aromatic carbocycles. The molecule has 3 atom stereocenters. The minimum Gasteiger partial charge on any atom is -0.438 e. The molecule has 94 valence electrons. The number of amides is 1. The van der Waals surface area contributed by atoms with Crippen LogP contribution in [0.4, 0.5) is 0 Å². The Hall–Kier alpha value is -1.84. The number of aromatic nitrogens is 1. The number of nitrogens with zero attached hydrogens (tertiary/aromatic N) is 1. The number of fused-ring (bicyclic) bond motifs is 1. The van der Waals surface area contributed by atoms with Crippen LogP contribution in [0.1, 0.15) is 32.2 Å². The third-order valence-electron chi connectivity index (χ3n) is 3.49. The molecule has 2 aromatic rings. The maximum atomic E-state index is 11.8. The fraction of sp³-hybridized carbons (Fsp3) is 0.429. The minimum absolute atomic E-state index is 0.109. The highest BCUT2D eigenvalue weighted by Gasteiger charge is 2.39. The van der Waals surface area contributed by atoms with E-state index in [9.17, 15) is 4.79 Å². The van der Waals surface area contributed by atoms with Crippen LogP contribution in [-0.4, -0.2) is 10.9 Å². The van der Waals surface area contributed by atoms with E-state index >= 15 is 0 Å². The first-order chi connectivity index (χ1) is 8.65. The van der Waals surface area contributed by atoms with Crippen LogP contribution < -0.4 is 5.32 Å². The number of para-hydroxylation sites is 2. The average Bonchev–Trinajstić information content (AvgIpc) is 2.93. The molecular weight excluding hydrogens is 228 g/mol. The van der Waals surface area contributed by atoms with Gasteiger partial charge in [-0.25, -0.2) is 4.98 Å². The number of carbonyl (C=O) groups is 1. The molecule has 4 heteroatoms. The summed E-state index contributed by atoms with van der Waals surface area (Å²) < 4.78 is 5.63. The van der Waals surface area contributed by atoms with Crippen LogP contribution in [0, 0.1) is 11.8 Å². The van der Waals surface area contributed by atoms with Crippen LogP contribution in [0.5, 0.6) is 0 Å². The van der Waals surface area contributed by atoms with E-state index in [1.54, 1.807) is 0 Å². The quantitative estimate of drug-likeness (QED) is 0.903. The van der Waals surface area contributed by atoms with Gasteiger partial charge in [0, 0.05) is 5.92 Å². The van der Waals surface area contributed by atoms with Gasteiger partial charge in [-0.05, 0) is 31.4 Å². The first-order valence-electron chi connectivity index (χ1n) is 6.31. The monoisotopic (exact) mass is 244 g/mol. The summed E-state index contributed by atoms with van der Waals surface area (Å²) >= 11 is 0. The van der Waals surface area contributed by atoms with Crippen molar-refractivity contribution in [2.24, 2.45) is 11.8 Å². The summed E-state index contributed by atoms with van der Waals surface area (Å²) in [6, 6.07) is 7.43. The number of carbonyl (C=O) groups excluding carboxylic acids is 1. The van der Waals surface area contributed by atoms with Crippen molar-refractivity contribution in [1.82, 2.24) is 10.3 Å². The maximum absolute atomic E-state index is 11.8. The largest absolute Gasteiger partial charge is 0.438 e. The molecule has 0 aliphatic heterocycles. The Labute approximate surface area is 105 Å². The first kappa shape index (κ1) is 11.3. The fourth-order valence-electron chi connectivity index (χ4n) is 2.14. The molecule has 1 aromatic heterocycles. The average molecular weight is 244 g/mol. The Balaban J connectivity index is 1.75. The normalized spacial score (nSPS) is 23.9. The van der Waals surface area contributed by atoms with Gasteiger partial charge in [0.1, 0.15) is 11.6 Å². The Morgan fingerprint density at radius 1 is 1.50 bits per heavy atom. The van der Waals surface area contributed by atoms with Gasteiger partial charge in [0.25, 0.3) is 0 Å². The van der Waals surface area contributed by atoms with Crippen LogP contribution >= 0.6 is 0 Å². The topological polar surface area (TPSA) is 55.1 Å².